The summed E-state index contributed by atoms with van der Waals surface area (Å²) in [7, 11) is 0. The summed E-state index contributed by atoms with van der Waals surface area (Å²) in [6.07, 6.45) is 3.14. The molecule has 1 heterocycles. The predicted octanol–water partition coefficient (Wildman–Crippen LogP) is 3.63. The van der Waals surface area contributed by atoms with E-state index in [-0.39, 0.29) is 0 Å². The van der Waals surface area contributed by atoms with Crippen molar-refractivity contribution in [2.45, 2.75) is 13.8 Å². The number of rotatable bonds is 7. The number of aliphatic imine (C=N–C) groups is 1. The first-order chi connectivity index (χ1) is 12.2. The lowest BCUT2D eigenvalue weighted by Gasteiger charge is -2.10. The Kier molecular flexibility index (Phi) is 5.41. The molecule has 0 atom stereocenters. The summed E-state index contributed by atoms with van der Waals surface area (Å²) in [6.45, 7) is 5.14. The van der Waals surface area contributed by atoms with Crippen molar-refractivity contribution in [2.24, 2.45) is 4.99 Å². The van der Waals surface area contributed by atoms with Gasteiger partial charge in [0.15, 0.2) is 0 Å². The van der Waals surface area contributed by atoms with Gasteiger partial charge in [-0.05, 0) is 66.9 Å². The molecule has 0 amide bonds. The van der Waals surface area contributed by atoms with Crippen LogP contribution < -0.4 is 9.47 Å². The third kappa shape index (κ3) is 4.91. The Labute approximate surface area is 146 Å². The molecule has 0 spiro atoms. The van der Waals surface area contributed by atoms with Gasteiger partial charge in [0.2, 0.25) is 5.95 Å². The van der Waals surface area contributed by atoms with Crippen LogP contribution in [0.1, 0.15) is 16.7 Å². The number of ether oxygens (including phenoxy) is 2. The Morgan fingerprint density at radius 1 is 0.960 bits per heavy atom. The molecule has 0 aliphatic rings. The maximum absolute atomic E-state index is 5.70. The van der Waals surface area contributed by atoms with E-state index in [1.54, 1.807) is 6.21 Å². The van der Waals surface area contributed by atoms with Crippen molar-refractivity contribution in [3.05, 3.63) is 65.5 Å². The number of hydrogen-bond acceptors (Lipinski definition) is 5. The first kappa shape index (κ1) is 16.7. The van der Waals surface area contributed by atoms with E-state index in [4.69, 9.17) is 9.47 Å². The van der Waals surface area contributed by atoms with Crippen LogP contribution in [0, 0.1) is 13.8 Å². The lowest BCUT2D eigenvalue weighted by molar-refractivity contribution is 0.217. The van der Waals surface area contributed by atoms with Crippen molar-refractivity contribution in [3.63, 3.8) is 0 Å². The third-order valence-corrected chi connectivity index (χ3v) is 3.72. The van der Waals surface area contributed by atoms with Crippen LogP contribution in [0.4, 0.5) is 5.95 Å². The molecule has 0 aliphatic heterocycles. The van der Waals surface area contributed by atoms with Gasteiger partial charge in [-0.1, -0.05) is 6.07 Å². The van der Waals surface area contributed by atoms with Gasteiger partial charge >= 0.3 is 0 Å². The number of aromatic nitrogens is 3. The Morgan fingerprint density at radius 3 is 2.36 bits per heavy atom. The fourth-order valence-electron chi connectivity index (χ4n) is 2.17. The number of aryl methyl sites for hydroxylation is 2. The molecule has 2 aromatic carbocycles. The van der Waals surface area contributed by atoms with E-state index >= 15 is 0 Å². The minimum atomic E-state index is 0.476. The summed E-state index contributed by atoms with van der Waals surface area (Å²) in [4.78, 5) is 8.10. The summed E-state index contributed by atoms with van der Waals surface area (Å²) in [5, 5.41) is 6.41. The average Bonchev–Trinajstić information content (AvgIpc) is 3.14. The first-order valence-corrected chi connectivity index (χ1v) is 8.03. The van der Waals surface area contributed by atoms with Gasteiger partial charge < -0.3 is 9.47 Å². The minimum Gasteiger partial charge on any atom is -0.490 e. The van der Waals surface area contributed by atoms with Crippen molar-refractivity contribution in [1.29, 1.82) is 0 Å². The van der Waals surface area contributed by atoms with Crippen molar-refractivity contribution in [3.8, 4) is 11.5 Å². The lowest BCUT2D eigenvalue weighted by Crippen LogP contribution is -2.09. The van der Waals surface area contributed by atoms with Gasteiger partial charge in [-0.3, -0.25) is 0 Å². The highest BCUT2D eigenvalue weighted by molar-refractivity contribution is 5.81. The van der Waals surface area contributed by atoms with E-state index in [9.17, 15) is 0 Å². The van der Waals surface area contributed by atoms with Gasteiger partial charge in [-0.2, -0.15) is 10.1 Å². The number of hydrogen-bond donors (Lipinski definition) is 1. The van der Waals surface area contributed by atoms with Gasteiger partial charge in [-0.15, -0.1) is 0 Å². The van der Waals surface area contributed by atoms with E-state index in [0.717, 1.165) is 17.1 Å². The van der Waals surface area contributed by atoms with Crippen LogP contribution in [-0.4, -0.2) is 34.6 Å². The Balaban J connectivity index is 1.44. The number of nitrogens with zero attached hydrogens (tertiary/aromatic N) is 3. The molecule has 128 valence electrons. The van der Waals surface area contributed by atoms with Crippen LogP contribution in [0.3, 0.4) is 0 Å². The van der Waals surface area contributed by atoms with E-state index in [1.165, 1.54) is 17.5 Å². The maximum Gasteiger partial charge on any atom is 0.245 e. The average molecular weight is 336 g/mol. The normalized spacial score (nSPS) is 11.0. The fourth-order valence-corrected chi connectivity index (χ4v) is 2.17. The second-order valence-electron chi connectivity index (χ2n) is 5.58. The fraction of sp³-hybridized carbons (Fsp3) is 0.211. The minimum absolute atomic E-state index is 0.476. The first-order valence-electron chi connectivity index (χ1n) is 8.03. The molecule has 0 bridgehead atoms. The predicted molar refractivity (Wildman–Crippen MR) is 97.0 cm³/mol. The molecule has 0 saturated heterocycles. The molecule has 3 rings (SSSR count). The SMILES string of the molecule is Cc1ccc(OCCOc2ccc(/C=N/c3ncn[nH]3)cc2)cc1C. The summed E-state index contributed by atoms with van der Waals surface area (Å²) in [5.74, 6) is 2.13. The van der Waals surface area contributed by atoms with Gasteiger partial charge in [-0.25, -0.2) is 10.1 Å². The van der Waals surface area contributed by atoms with Gasteiger partial charge in [0, 0.05) is 6.21 Å². The molecule has 0 fully saturated rings. The molecule has 6 heteroatoms. The highest BCUT2D eigenvalue weighted by Gasteiger charge is 1.99. The number of aromatic amines is 1. The molecule has 1 N–H and O–H groups in total. The quantitative estimate of drug-likeness (QED) is 0.528. The summed E-state index contributed by atoms with van der Waals surface area (Å²) >= 11 is 0. The van der Waals surface area contributed by atoms with Gasteiger partial charge in [0.1, 0.15) is 31.0 Å². The van der Waals surface area contributed by atoms with Crippen LogP contribution in [0.25, 0.3) is 0 Å². The molecule has 1 aromatic heterocycles. The molecular weight excluding hydrogens is 316 g/mol. The van der Waals surface area contributed by atoms with Crippen LogP contribution in [0.2, 0.25) is 0 Å². The number of nitrogens with one attached hydrogen (secondary N) is 1. The Hall–Kier alpha value is -3.15. The van der Waals surface area contributed by atoms with E-state index < -0.39 is 0 Å². The Morgan fingerprint density at radius 2 is 1.68 bits per heavy atom. The lowest BCUT2D eigenvalue weighted by atomic mass is 10.1. The molecule has 0 radical (unpaired) electrons. The van der Waals surface area contributed by atoms with Crippen LogP contribution in [-0.2, 0) is 0 Å². The topological polar surface area (TPSA) is 72.4 Å². The van der Waals surface area contributed by atoms with Crippen molar-refractivity contribution in [2.75, 3.05) is 13.2 Å². The number of benzene rings is 2. The highest BCUT2D eigenvalue weighted by atomic mass is 16.5. The largest absolute Gasteiger partial charge is 0.490 e. The molecule has 0 saturated carbocycles. The Bertz CT molecular complexity index is 827. The smallest absolute Gasteiger partial charge is 0.245 e. The molecule has 0 unspecified atom stereocenters. The van der Waals surface area contributed by atoms with Crippen LogP contribution >= 0.6 is 0 Å². The number of H-pyrrole nitrogens is 1. The summed E-state index contributed by atoms with van der Waals surface area (Å²) < 4.78 is 11.4. The molecule has 3 aromatic rings. The monoisotopic (exact) mass is 336 g/mol. The summed E-state index contributed by atoms with van der Waals surface area (Å²) in [6, 6.07) is 13.7. The van der Waals surface area contributed by atoms with Gasteiger partial charge in [0.05, 0.1) is 0 Å². The van der Waals surface area contributed by atoms with Crippen LogP contribution in [0.5, 0.6) is 11.5 Å². The molecule has 0 aliphatic carbocycles. The van der Waals surface area contributed by atoms with Crippen molar-refractivity contribution >= 4 is 12.2 Å². The highest BCUT2D eigenvalue weighted by Crippen LogP contribution is 2.16. The van der Waals surface area contributed by atoms with Crippen molar-refractivity contribution < 1.29 is 9.47 Å². The van der Waals surface area contributed by atoms with Crippen LogP contribution in [0.15, 0.2) is 53.8 Å². The molecule has 25 heavy (non-hydrogen) atoms. The second-order valence-corrected chi connectivity index (χ2v) is 5.58. The zero-order valence-electron chi connectivity index (χ0n) is 14.3. The standard InChI is InChI=1S/C19H20N4O2/c1-14-3-6-18(11-15(14)2)25-10-9-24-17-7-4-16(5-8-17)12-20-19-21-13-22-23-19/h3-8,11-13H,9-10H2,1-2H3,(H,21,22,23)/b20-12+. The third-order valence-electron chi connectivity index (χ3n) is 3.72. The second kappa shape index (κ2) is 8.10. The zero-order chi connectivity index (χ0) is 17.5. The van der Waals surface area contributed by atoms with E-state index in [0.29, 0.717) is 19.2 Å². The summed E-state index contributed by atoms with van der Waals surface area (Å²) in [5.41, 5.74) is 3.44. The van der Waals surface area contributed by atoms with E-state index in [1.807, 2.05) is 36.4 Å². The zero-order valence-corrected chi connectivity index (χ0v) is 14.3. The van der Waals surface area contributed by atoms with Gasteiger partial charge in [0.25, 0.3) is 0 Å². The molecular formula is C19H20N4O2. The maximum atomic E-state index is 5.70. The van der Waals surface area contributed by atoms with Crippen molar-refractivity contribution in [1.82, 2.24) is 15.2 Å². The molecule has 6 nitrogen and oxygen atoms in total. The van der Waals surface area contributed by atoms with E-state index in [2.05, 4.69) is 40.1 Å².